The van der Waals surface area contributed by atoms with Gasteiger partial charge in [-0.25, -0.2) is 0 Å². The Bertz CT molecular complexity index is 1920. The van der Waals surface area contributed by atoms with E-state index in [1.807, 2.05) is 13.8 Å². The molecule has 18 heteroatoms. The number of unbranched alkanes of at least 4 members (excludes halogenated alkanes) is 5. The zero-order chi connectivity index (χ0) is 70.5. The summed E-state index contributed by atoms with van der Waals surface area (Å²) in [4.78, 5) is 85.1. The Labute approximate surface area is 598 Å². The van der Waals surface area contributed by atoms with Crippen molar-refractivity contribution in [2.45, 2.75) is 286 Å². The fourth-order valence-corrected chi connectivity index (χ4v) is 15.0. The number of carbonyl (C=O) groups is 6. The summed E-state index contributed by atoms with van der Waals surface area (Å²) in [6.45, 7) is 34.6. The topological polar surface area (TPSA) is 177 Å². The van der Waals surface area contributed by atoms with Gasteiger partial charge in [0.15, 0.2) is 0 Å². The number of hydrogen-bond acceptors (Lipinski definition) is 18. The Kier molecular flexibility index (Phi) is 50.6. The molecule has 6 saturated heterocycles. The van der Waals surface area contributed by atoms with Gasteiger partial charge in [0.05, 0.1) is 78.2 Å². The summed E-state index contributed by atoms with van der Waals surface area (Å²) in [7, 11) is 0. The van der Waals surface area contributed by atoms with Gasteiger partial charge in [-0.3, -0.25) is 28.8 Å². The van der Waals surface area contributed by atoms with Gasteiger partial charge < -0.3 is 57.8 Å². The summed E-state index contributed by atoms with van der Waals surface area (Å²) in [6.07, 6.45) is 41.9. The van der Waals surface area contributed by atoms with Crippen molar-refractivity contribution >= 4 is 35.8 Å². The molecular formula is C80H148N6O12. The minimum absolute atomic E-state index is 0.0313. The van der Waals surface area contributed by atoms with Crippen molar-refractivity contribution in [3.8, 4) is 0 Å². The Morgan fingerprint density at radius 3 is 0.571 bits per heavy atom. The average molecular weight is 1390 g/mol. The second-order valence-electron chi connectivity index (χ2n) is 30.1. The highest BCUT2D eigenvalue weighted by atomic mass is 16.6. The highest BCUT2D eigenvalue weighted by molar-refractivity contribution is 5.71. The first kappa shape index (κ1) is 87.0. The largest absolute Gasteiger partial charge is 0.466 e. The van der Waals surface area contributed by atoms with Crippen LogP contribution in [0.25, 0.3) is 0 Å². The van der Waals surface area contributed by atoms with Crippen molar-refractivity contribution in [1.29, 1.82) is 0 Å². The van der Waals surface area contributed by atoms with Gasteiger partial charge in [0.1, 0.15) is 0 Å². The van der Waals surface area contributed by atoms with Crippen molar-refractivity contribution in [2.75, 3.05) is 157 Å². The van der Waals surface area contributed by atoms with Crippen LogP contribution in [0.4, 0.5) is 0 Å². The predicted octanol–water partition coefficient (Wildman–Crippen LogP) is 14.8. The van der Waals surface area contributed by atoms with Crippen molar-refractivity contribution in [2.24, 2.45) is 35.5 Å². The van der Waals surface area contributed by atoms with E-state index in [1.54, 1.807) is 0 Å². The number of likely N-dealkylation sites (tertiary alicyclic amines) is 6. The highest BCUT2D eigenvalue weighted by Crippen LogP contribution is 2.31. The monoisotopic (exact) mass is 1390 g/mol. The van der Waals surface area contributed by atoms with Crippen molar-refractivity contribution < 1.29 is 57.2 Å². The molecule has 0 bridgehead atoms. The number of piperidine rings is 6. The average Bonchev–Trinajstić information content (AvgIpc) is 1.26. The third-order valence-electron chi connectivity index (χ3n) is 21.9. The first-order valence-corrected chi connectivity index (χ1v) is 41.1. The van der Waals surface area contributed by atoms with E-state index in [2.05, 4.69) is 57.1 Å². The van der Waals surface area contributed by atoms with E-state index in [1.165, 1.54) is 135 Å². The molecule has 0 N–H and O–H groups in total. The summed E-state index contributed by atoms with van der Waals surface area (Å²) >= 11 is 0. The Morgan fingerprint density at radius 1 is 0.224 bits per heavy atom. The number of hydrogen-bond donors (Lipinski definition) is 0. The van der Waals surface area contributed by atoms with Gasteiger partial charge in [0.25, 0.3) is 0 Å². The van der Waals surface area contributed by atoms with Crippen LogP contribution in [0.2, 0.25) is 0 Å². The maximum absolute atomic E-state index is 11.9. The van der Waals surface area contributed by atoms with Crippen LogP contribution in [-0.4, -0.2) is 223 Å². The highest BCUT2D eigenvalue weighted by Gasteiger charge is 2.27. The lowest BCUT2D eigenvalue weighted by Gasteiger charge is -2.33. The molecule has 0 atom stereocenters. The van der Waals surface area contributed by atoms with E-state index in [0.29, 0.717) is 78.2 Å². The van der Waals surface area contributed by atoms with Crippen LogP contribution in [-0.2, 0) is 57.2 Å². The molecule has 0 aromatic heterocycles. The molecule has 0 amide bonds. The molecule has 98 heavy (non-hydrogen) atoms. The van der Waals surface area contributed by atoms with Crippen LogP contribution >= 0.6 is 0 Å². The van der Waals surface area contributed by atoms with Crippen LogP contribution in [0.3, 0.4) is 0 Å². The second kappa shape index (κ2) is 57.0. The first-order chi connectivity index (χ1) is 47.8. The minimum Gasteiger partial charge on any atom is -0.466 e. The molecule has 6 heterocycles. The zero-order valence-electron chi connectivity index (χ0n) is 63.9. The summed E-state index contributed by atoms with van der Waals surface area (Å²) in [5, 5.41) is 0. The molecule has 6 fully saturated rings. The molecule has 6 aliphatic rings. The number of nitrogens with zero attached hydrogens (tertiary/aromatic N) is 6. The molecule has 0 spiro atoms. The number of carbonyl (C=O) groups excluding carboxylic acids is 6. The van der Waals surface area contributed by atoms with E-state index in [-0.39, 0.29) is 35.8 Å². The van der Waals surface area contributed by atoms with Gasteiger partial charge in [-0.05, 0) is 230 Å². The summed E-state index contributed by atoms with van der Waals surface area (Å²) in [5.41, 5.74) is 0. The van der Waals surface area contributed by atoms with E-state index in [9.17, 15) is 28.8 Å². The molecule has 6 aliphatic heterocycles. The predicted molar refractivity (Wildman–Crippen MR) is 395 cm³/mol. The molecule has 0 radical (unpaired) electrons. The molecule has 0 saturated carbocycles. The van der Waals surface area contributed by atoms with Crippen molar-refractivity contribution in [3.63, 3.8) is 0 Å². The molecule has 0 aromatic rings. The number of esters is 6. The zero-order valence-corrected chi connectivity index (χ0v) is 63.9. The summed E-state index contributed by atoms with van der Waals surface area (Å²) in [6, 6.07) is 0. The second-order valence-corrected chi connectivity index (χ2v) is 30.1. The van der Waals surface area contributed by atoms with Crippen LogP contribution in [0.5, 0.6) is 0 Å². The molecule has 18 nitrogen and oxygen atoms in total. The third kappa shape index (κ3) is 43.5. The molecular weight excluding hydrogens is 1240 g/mol. The first-order valence-electron chi connectivity index (χ1n) is 41.1. The maximum atomic E-state index is 11.9. The summed E-state index contributed by atoms with van der Waals surface area (Å²) in [5.74, 6) is 4.90. The molecule has 0 unspecified atom stereocenters. The van der Waals surface area contributed by atoms with Crippen molar-refractivity contribution in [1.82, 2.24) is 29.4 Å². The Morgan fingerprint density at radius 2 is 0.398 bits per heavy atom. The third-order valence-corrected chi connectivity index (χ3v) is 21.9. The lowest BCUT2D eigenvalue weighted by Crippen LogP contribution is -2.36. The molecule has 0 aliphatic carbocycles. The quantitative estimate of drug-likeness (QED) is 0.0319. The Balaban J connectivity index is 0.000000313. The van der Waals surface area contributed by atoms with E-state index < -0.39 is 0 Å². The maximum Gasteiger partial charge on any atom is 0.307 e. The van der Waals surface area contributed by atoms with Gasteiger partial charge in [-0.1, -0.05) is 131 Å². The normalized spacial score (nSPS) is 19.0. The van der Waals surface area contributed by atoms with E-state index in [0.717, 1.165) is 224 Å². The van der Waals surface area contributed by atoms with Gasteiger partial charge in [-0.2, -0.15) is 0 Å². The van der Waals surface area contributed by atoms with Crippen molar-refractivity contribution in [3.05, 3.63) is 0 Å². The minimum atomic E-state index is -0.0496. The van der Waals surface area contributed by atoms with Gasteiger partial charge >= 0.3 is 35.8 Å². The Hall–Kier alpha value is -3.42. The van der Waals surface area contributed by atoms with Crippen LogP contribution in [0.15, 0.2) is 0 Å². The fourth-order valence-electron chi connectivity index (χ4n) is 15.0. The standard InChI is InChI=1S/C28H52N2O4.C27H50N2O4.C25H46N2O4/c1-3-5-7-24-34-28(32)16-22-30-19-13-26(14-20-30)10-8-9-25-11-17-29(18-12-25)21-15-27(31)33-23-6-4-2;1-3-5-22-32-26(30)14-20-28-16-10-24(11-17-28)8-7-9-25-12-18-29(19-13-25)21-15-27(31)33-23-6-4-2;1-3-20-30-24(28)12-18-26-14-8-22(9-15-26)6-5-7-23-10-16-27(17-11-23)19-13-25(29)31-21-4-2/h25-26H,3-24H2,1-2H3;24-25H,3-23H2,1-2H3;22-23H,3-21H2,1-2H3. The lowest BCUT2D eigenvalue weighted by atomic mass is 9.87. The number of rotatable bonds is 47. The molecule has 0 aromatic carbocycles. The fraction of sp³-hybridized carbons (Fsp3) is 0.925. The smallest absolute Gasteiger partial charge is 0.307 e. The SMILES string of the molecule is CCCCCOC(=O)CCN1CCC(CCCC2CCN(CCC(=O)OCCCC)CC2)CC1.CCCCOC(=O)CCN1CCC(CCCC2CCN(CCC(=O)OCCCC)CC2)CC1.CCCOC(=O)CCN1CCC(CCCC2CCN(CCC(=O)OCCC)CC2)CC1. The van der Waals surface area contributed by atoms with E-state index >= 15 is 0 Å². The van der Waals surface area contributed by atoms with Gasteiger partial charge in [0, 0.05) is 39.3 Å². The number of ether oxygens (including phenoxy) is 6. The van der Waals surface area contributed by atoms with Gasteiger partial charge in [-0.15, -0.1) is 0 Å². The summed E-state index contributed by atoms with van der Waals surface area (Å²) < 4.78 is 31.5. The van der Waals surface area contributed by atoms with Gasteiger partial charge in [0.2, 0.25) is 0 Å². The van der Waals surface area contributed by atoms with E-state index in [4.69, 9.17) is 28.4 Å². The molecule has 6 rings (SSSR count). The lowest BCUT2D eigenvalue weighted by molar-refractivity contribution is -0.145. The van der Waals surface area contributed by atoms with Crippen LogP contribution in [0.1, 0.15) is 286 Å². The van der Waals surface area contributed by atoms with Crippen LogP contribution in [0, 0.1) is 35.5 Å². The molecule has 570 valence electrons. The van der Waals surface area contributed by atoms with Crippen LogP contribution < -0.4 is 0 Å².